The van der Waals surface area contributed by atoms with E-state index in [0.29, 0.717) is 18.8 Å². The molecule has 1 fully saturated rings. The smallest absolute Gasteiger partial charge is 0.238 e. The number of rotatable bonds is 6. The van der Waals surface area contributed by atoms with Crippen LogP contribution in [0.25, 0.3) is 11.1 Å². The van der Waals surface area contributed by atoms with Crippen LogP contribution in [0.15, 0.2) is 52.9 Å². The standard InChI is InChI=1S/C23H25FN4O3/c1-27(14-21(29)25-18-6-4-5-17(24)13-18)15-22(30)28-11-9-16(10-12-28)23-26-19-7-2-3-8-20(19)31-23/h2-8,13,16H,9-12,14-15H2,1H3,(H,25,29). The molecule has 7 nitrogen and oxygen atoms in total. The Bertz CT molecular complexity index is 1040. The zero-order chi connectivity index (χ0) is 21.8. The van der Waals surface area contributed by atoms with Crippen molar-refractivity contribution in [1.29, 1.82) is 0 Å². The number of nitrogens with one attached hydrogen (secondary N) is 1. The highest BCUT2D eigenvalue weighted by Crippen LogP contribution is 2.29. The minimum Gasteiger partial charge on any atom is -0.440 e. The second-order valence-corrected chi connectivity index (χ2v) is 7.91. The first-order valence-corrected chi connectivity index (χ1v) is 10.3. The Morgan fingerprint density at radius 2 is 1.94 bits per heavy atom. The van der Waals surface area contributed by atoms with Gasteiger partial charge in [-0.2, -0.15) is 0 Å². The van der Waals surface area contributed by atoms with E-state index in [2.05, 4.69) is 10.3 Å². The molecule has 2 heterocycles. The van der Waals surface area contributed by atoms with Gasteiger partial charge in [-0.05, 0) is 50.2 Å². The Morgan fingerprint density at radius 1 is 1.16 bits per heavy atom. The molecular weight excluding hydrogens is 399 g/mol. The molecule has 1 saturated heterocycles. The van der Waals surface area contributed by atoms with Crippen LogP contribution < -0.4 is 5.32 Å². The Hall–Kier alpha value is -3.26. The van der Waals surface area contributed by atoms with Gasteiger partial charge in [-0.1, -0.05) is 18.2 Å². The molecule has 0 saturated carbocycles. The van der Waals surface area contributed by atoms with E-state index in [4.69, 9.17) is 4.42 Å². The number of amides is 2. The zero-order valence-corrected chi connectivity index (χ0v) is 17.4. The van der Waals surface area contributed by atoms with E-state index in [1.54, 1.807) is 18.0 Å². The Balaban J connectivity index is 1.24. The van der Waals surface area contributed by atoms with Crippen molar-refractivity contribution in [1.82, 2.24) is 14.8 Å². The molecule has 2 aromatic carbocycles. The maximum atomic E-state index is 13.2. The molecule has 2 amide bonds. The zero-order valence-electron chi connectivity index (χ0n) is 17.4. The normalized spacial score (nSPS) is 14.9. The second-order valence-electron chi connectivity index (χ2n) is 7.91. The number of para-hydroxylation sites is 2. The van der Waals surface area contributed by atoms with Crippen LogP contribution in [-0.2, 0) is 9.59 Å². The molecule has 1 N–H and O–H groups in total. The summed E-state index contributed by atoms with van der Waals surface area (Å²) in [7, 11) is 1.72. The molecule has 0 unspecified atom stereocenters. The molecule has 1 aliphatic rings. The SMILES string of the molecule is CN(CC(=O)Nc1cccc(F)c1)CC(=O)N1CCC(c2nc3ccccc3o2)CC1. The number of oxazole rings is 1. The van der Waals surface area contributed by atoms with E-state index in [1.807, 2.05) is 29.2 Å². The maximum absolute atomic E-state index is 13.2. The third-order valence-corrected chi connectivity index (χ3v) is 5.43. The largest absolute Gasteiger partial charge is 0.440 e. The molecule has 0 bridgehead atoms. The number of likely N-dealkylation sites (N-methyl/N-ethyl adjacent to an activating group) is 1. The van der Waals surface area contributed by atoms with Crippen LogP contribution in [0.2, 0.25) is 0 Å². The van der Waals surface area contributed by atoms with Gasteiger partial charge in [-0.25, -0.2) is 9.37 Å². The number of hydrogen-bond acceptors (Lipinski definition) is 5. The van der Waals surface area contributed by atoms with Crippen molar-refractivity contribution in [2.24, 2.45) is 0 Å². The molecule has 1 aliphatic heterocycles. The maximum Gasteiger partial charge on any atom is 0.238 e. The van der Waals surface area contributed by atoms with Gasteiger partial charge in [0.25, 0.3) is 0 Å². The van der Waals surface area contributed by atoms with Crippen molar-refractivity contribution >= 4 is 28.6 Å². The van der Waals surface area contributed by atoms with Crippen LogP contribution in [0, 0.1) is 5.82 Å². The van der Waals surface area contributed by atoms with Gasteiger partial charge in [0.15, 0.2) is 11.5 Å². The summed E-state index contributed by atoms with van der Waals surface area (Å²) in [6, 6.07) is 13.4. The average molecular weight is 424 g/mol. The summed E-state index contributed by atoms with van der Waals surface area (Å²) < 4.78 is 19.1. The highest BCUT2D eigenvalue weighted by Gasteiger charge is 2.27. The number of piperidine rings is 1. The summed E-state index contributed by atoms with van der Waals surface area (Å²) in [5, 5.41) is 2.64. The van der Waals surface area contributed by atoms with Gasteiger partial charge in [0, 0.05) is 24.7 Å². The predicted octanol–water partition coefficient (Wildman–Crippen LogP) is 3.24. The summed E-state index contributed by atoms with van der Waals surface area (Å²) in [5.74, 6) is 0.209. The highest BCUT2D eigenvalue weighted by molar-refractivity contribution is 5.92. The lowest BCUT2D eigenvalue weighted by molar-refractivity contribution is -0.133. The fourth-order valence-electron chi connectivity index (χ4n) is 3.84. The summed E-state index contributed by atoms with van der Waals surface area (Å²) >= 11 is 0. The summed E-state index contributed by atoms with van der Waals surface area (Å²) in [6.45, 7) is 1.45. The van der Waals surface area contributed by atoms with Gasteiger partial charge < -0.3 is 14.6 Å². The molecule has 0 radical (unpaired) electrons. The van der Waals surface area contributed by atoms with Crippen molar-refractivity contribution < 1.29 is 18.4 Å². The fraction of sp³-hybridized carbons (Fsp3) is 0.348. The van der Waals surface area contributed by atoms with E-state index in [0.717, 1.165) is 29.8 Å². The lowest BCUT2D eigenvalue weighted by atomic mass is 9.97. The van der Waals surface area contributed by atoms with Gasteiger partial charge in [-0.3, -0.25) is 14.5 Å². The van der Waals surface area contributed by atoms with Crippen LogP contribution >= 0.6 is 0 Å². The van der Waals surface area contributed by atoms with Crippen molar-refractivity contribution in [3.63, 3.8) is 0 Å². The van der Waals surface area contributed by atoms with Gasteiger partial charge in [0.05, 0.1) is 13.1 Å². The number of benzene rings is 2. The second kappa shape index (κ2) is 9.26. The molecular formula is C23H25FN4O3. The van der Waals surface area contributed by atoms with Crippen molar-refractivity contribution in [2.45, 2.75) is 18.8 Å². The molecule has 0 aliphatic carbocycles. The summed E-state index contributed by atoms with van der Waals surface area (Å²) in [5.41, 5.74) is 2.04. The van der Waals surface area contributed by atoms with Crippen molar-refractivity contribution in [3.8, 4) is 0 Å². The average Bonchev–Trinajstić information content (AvgIpc) is 3.18. The van der Waals surface area contributed by atoms with Gasteiger partial charge >= 0.3 is 0 Å². The number of anilines is 1. The van der Waals surface area contributed by atoms with Crippen LogP contribution in [0.3, 0.4) is 0 Å². The van der Waals surface area contributed by atoms with E-state index in [-0.39, 0.29) is 30.8 Å². The van der Waals surface area contributed by atoms with Crippen LogP contribution in [0.1, 0.15) is 24.7 Å². The van der Waals surface area contributed by atoms with Crippen LogP contribution in [0.4, 0.5) is 10.1 Å². The Morgan fingerprint density at radius 3 is 2.68 bits per heavy atom. The molecule has 1 aromatic heterocycles. The number of aromatic nitrogens is 1. The van der Waals surface area contributed by atoms with Crippen LogP contribution in [0.5, 0.6) is 0 Å². The topological polar surface area (TPSA) is 78.7 Å². The Labute approximate surface area is 179 Å². The first-order chi connectivity index (χ1) is 15.0. The number of fused-ring (bicyclic) bond motifs is 1. The van der Waals surface area contributed by atoms with E-state index >= 15 is 0 Å². The number of halogens is 1. The predicted molar refractivity (Wildman–Crippen MR) is 115 cm³/mol. The Kier molecular flexibility index (Phi) is 6.27. The molecule has 8 heteroatoms. The van der Waals surface area contributed by atoms with E-state index in [1.165, 1.54) is 18.2 Å². The fourth-order valence-corrected chi connectivity index (χ4v) is 3.84. The highest BCUT2D eigenvalue weighted by atomic mass is 19.1. The van der Waals surface area contributed by atoms with E-state index < -0.39 is 5.82 Å². The number of carbonyl (C=O) groups excluding carboxylic acids is 2. The lowest BCUT2D eigenvalue weighted by Gasteiger charge is -2.31. The summed E-state index contributed by atoms with van der Waals surface area (Å²) in [6.07, 6.45) is 1.59. The van der Waals surface area contributed by atoms with Gasteiger partial charge in [-0.15, -0.1) is 0 Å². The number of carbonyl (C=O) groups is 2. The summed E-state index contributed by atoms with van der Waals surface area (Å²) in [4.78, 5) is 32.8. The molecule has 3 aromatic rings. The van der Waals surface area contributed by atoms with E-state index in [9.17, 15) is 14.0 Å². The first kappa shape index (κ1) is 21.0. The molecule has 162 valence electrons. The van der Waals surface area contributed by atoms with Gasteiger partial charge in [0.1, 0.15) is 11.3 Å². The monoisotopic (exact) mass is 424 g/mol. The van der Waals surface area contributed by atoms with Crippen molar-refractivity contribution in [2.75, 3.05) is 38.5 Å². The number of hydrogen-bond donors (Lipinski definition) is 1. The molecule has 4 rings (SSSR count). The minimum atomic E-state index is -0.414. The van der Waals surface area contributed by atoms with Crippen molar-refractivity contribution in [3.05, 3.63) is 60.2 Å². The van der Waals surface area contributed by atoms with Gasteiger partial charge in [0.2, 0.25) is 11.8 Å². The first-order valence-electron chi connectivity index (χ1n) is 10.3. The molecule has 31 heavy (non-hydrogen) atoms. The minimum absolute atomic E-state index is 0.0166. The molecule has 0 atom stereocenters. The molecule has 0 spiro atoms. The number of nitrogens with zero attached hydrogens (tertiary/aromatic N) is 3. The third-order valence-electron chi connectivity index (χ3n) is 5.43. The quantitative estimate of drug-likeness (QED) is 0.657. The van der Waals surface area contributed by atoms with Crippen LogP contribution in [-0.4, -0.2) is 59.8 Å². The number of likely N-dealkylation sites (tertiary alicyclic amines) is 1. The third kappa shape index (κ3) is 5.27. The lowest BCUT2D eigenvalue weighted by Crippen LogP contribution is -2.44.